The van der Waals surface area contributed by atoms with Gasteiger partial charge in [-0.05, 0) is 28.7 Å². The van der Waals surface area contributed by atoms with Gasteiger partial charge in [0, 0.05) is 13.1 Å². The molecule has 2 aromatic rings. The van der Waals surface area contributed by atoms with Crippen LogP contribution < -0.4 is 10.6 Å². The van der Waals surface area contributed by atoms with E-state index in [1.54, 1.807) is 12.1 Å². The lowest BCUT2D eigenvalue weighted by atomic mass is 9.95. The first-order valence-corrected chi connectivity index (χ1v) is 7.99. The first kappa shape index (κ1) is 16.2. The molecule has 1 aliphatic rings. The van der Waals surface area contributed by atoms with Crippen LogP contribution in [0.2, 0.25) is 0 Å². The van der Waals surface area contributed by atoms with Crippen LogP contribution in [0.1, 0.15) is 22.3 Å². The van der Waals surface area contributed by atoms with Gasteiger partial charge in [0.15, 0.2) is 0 Å². The minimum atomic E-state index is -0.847. The van der Waals surface area contributed by atoms with E-state index in [9.17, 15) is 9.59 Å². The number of fused-ring (bicyclic) bond motifs is 1. The molecule has 0 aliphatic carbocycles. The van der Waals surface area contributed by atoms with Crippen molar-refractivity contribution >= 4 is 11.9 Å². The van der Waals surface area contributed by atoms with Crippen LogP contribution in [0.4, 0.5) is 0 Å². The normalized spacial score (nSPS) is 16.2. The van der Waals surface area contributed by atoms with Crippen LogP contribution in [-0.4, -0.2) is 23.0 Å². The maximum absolute atomic E-state index is 12.3. The fourth-order valence-corrected chi connectivity index (χ4v) is 2.90. The third-order valence-corrected chi connectivity index (χ3v) is 4.24. The summed E-state index contributed by atoms with van der Waals surface area (Å²) in [6, 6.07) is 15.2. The molecule has 1 amide bonds. The maximum atomic E-state index is 12.3. The maximum Gasteiger partial charge on any atom is 0.307 e. The topological polar surface area (TPSA) is 78.4 Å². The van der Waals surface area contributed by atoms with Crippen LogP contribution in [0.3, 0.4) is 0 Å². The number of amides is 1. The van der Waals surface area contributed by atoms with Crippen molar-refractivity contribution in [1.82, 2.24) is 10.6 Å². The molecule has 0 saturated carbocycles. The summed E-state index contributed by atoms with van der Waals surface area (Å²) in [5.74, 6) is -0.862. The van der Waals surface area contributed by atoms with Crippen LogP contribution in [0, 0.1) is 0 Å². The number of hydrogen-bond acceptors (Lipinski definition) is 3. The fourth-order valence-electron chi connectivity index (χ4n) is 2.90. The molecule has 1 atom stereocenters. The second kappa shape index (κ2) is 7.27. The highest BCUT2D eigenvalue weighted by molar-refractivity contribution is 5.82. The Morgan fingerprint density at radius 3 is 2.42 bits per heavy atom. The number of rotatable bonds is 5. The highest BCUT2D eigenvalue weighted by atomic mass is 16.4. The molecule has 0 radical (unpaired) electrons. The molecule has 3 N–H and O–H groups in total. The molecule has 5 heteroatoms. The monoisotopic (exact) mass is 324 g/mol. The van der Waals surface area contributed by atoms with Gasteiger partial charge in [0.25, 0.3) is 0 Å². The number of carboxylic acids is 1. The average Bonchev–Trinajstić information content (AvgIpc) is 2.60. The smallest absolute Gasteiger partial charge is 0.307 e. The van der Waals surface area contributed by atoms with Crippen LogP contribution >= 0.6 is 0 Å². The lowest BCUT2D eigenvalue weighted by Crippen LogP contribution is -2.47. The molecule has 24 heavy (non-hydrogen) atoms. The first-order chi connectivity index (χ1) is 11.6. The van der Waals surface area contributed by atoms with E-state index >= 15 is 0 Å². The molecule has 1 heterocycles. The van der Waals surface area contributed by atoms with Crippen LogP contribution in [0.15, 0.2) is 48.5 Å². The fraction of sp³-hybridized carbons (Fsp3) is 0.263. The third-order valence-electron chi connectivity index (χ3n) is 4.24. The number of hydrogen-bond donors (Lipinski definition) is 3. The number of carbonyl (C=O) groups excluding carboxylic acids is 1. The zero-order chi connectivity index (χ0) is 16.9. The van der Waals surface area contributed by atoms with E-state index in [0.29, 0.717) is 19.5 Å². The van der Waals surface area contributed by atoms with Gasteiger partial charge >= 0.3 is 5.97 Å². The largest absolute Gasteiger partial charge is 0.481 e. The molecule has 5 nitrogen and oxygen atoms in total. The SMILES string of the molecule is O=C(O)Cc1ccc(CNC(=O)[C@@H]2Cc3ccccc3CN2)cc1. The van der Waals surface area contributed by atoms with Crippen molar-refractivity contribution in [3.63, 3.8) is 0 Å². The lowest BCUT2D eigenvalue weighted by molar-refractivity contribution is -0.136. The molecule has 0 fully saturated rings. The number of benzene rings is 2. The molecule has 3 rings (SSSR count). The highest BCUT2D eigenvalue weighted by Gasteiger charge is 2.23. The lowest BCUT2D eigenvalue weighted by Gasteiger charge is -2.25. The second-order valence-electron chi connectivity index (χ2n) is 6.01. The van der Waals surface area contributed by atoms with Crippen molar-refractivity contribution in [2.45, 2.75) is 32.0 Å². The summed E-state index contributed by atoms with van der Waals surface area (Å²) in [5.41, 5.74) is 4.17. The Kier molecular flexibility index (Phi) is 4.91. The van der Waals surface area contributed by atoms with Crippen molar-refractivity contribution < 1.29 is 14.7 Å². The zero-order valence-corrected chi connectivity index (χ0v) is 13.3. The van der Waals surface area contributed by atoms with E-state index in [-0.39, 0.29) is 18.4 Å². The van der Waals surface area contributed by atoms with Gasteiger partial charge in [-0.1, -0.05) is 48.5 Å². The Morgan fingerprint density at radius 1 is 1.04 bits per heavy atom. The number of aliphatic carboxylic acids is 1. The molecule has 0 aromatic heterocycles. The van der Waals surface area contributed by atoms with Gasteiger partial charge in [0.1, 0.15) is 0 Å². The van der Waals surface area contributed by atoms with Gasteiger partial charge in [0.2, 0.25) is 5.91 Å². The Morgan fingerprint density at radius 2 is 1.71 bits per heavy atom. The molecule has 1 aliphatic heterocycles. The summed E-state index contributed by atoms with van der Waals surface area (Å²) in [4.78, 5) is 23.0. The zero-order valence-electron chi connectivity index (χ0n) is 13.3. The van der Waals surface area contributed by atoms with Gasteiger partial charge in [-0.3, -0.25) is 9.59 Å². The van der Waals surface area contributed by atoms with Crippen molar-refractivity contribution in [2.75, 3.05) is 0 Å². The van der Waals surface area contributed by atoms with E-state index < -0.39 is 5.97 Å². The van der Waals surface area contributed by atoms with Crippen molar-refractivity contribution in [2.24, 2.45) is 0 Å². The number of nitrogens with one attached hydrogen (secondary N) is 2. The average molecular weight is 324 g/mol. The Hall–Kier alpha value is -2.66. The van der Waals surface area contributed by atoms with E-state index in [1.165, 1.54) is 11.1 Å². The van der Waals surface area contributed by atoms with Crippen molar-refractivity contribution in [3.05, 3.63) is 70.8 Å². The molecule has 0 unspecified atom stereocenters. The van der Waals surface area contributed by atoms with Gasteiger partial charge in [-0.25, -0.2) is 0 Å². The van der Waals surface area contributed by atoms with Crippen LogP contribution in [-0.2, 0) is 35.5 Å². The van der Waals surface area contributed by atoms with Gasteiger partial charge in [-0.15, -0.1) is 0 Å². The molecular formula is C19H20N2O3. The predicted molar refractivity (Wildman–Crippen MR) is 90.4 cm³/mol. The standard InChI is InChI=1S/C19H20N2O3/c22-18(23)9-13-5-7-14(8-6-13)11-21-19(24)17-10-15-3-1-2-4-16(15)12-20-17/h1-8,17,20H,9-12H2,(H,21,24)(H,22,23)/t17-/m0/s1. The Bertz CT molecular complexity index is 741. The van der Waals surface area contributed by atoms with Crippen molar-refractivity contribution in [3.8, 4) is 0 Å². The molecule has 0 spiro atoms. The quantitative estimate of drug-likeness (QED) is 0.781. The van der Waals surface area contributed by atoms with Gasteiger partial charge in [0.05, 0.1) is 12.5 Å². The van der Waals surface area contributed by atoms with E-state index in [1.807, 2.05) is 24.3 Å². The highest BCUT2D eigenvalue weighted by Crippen LogP contribution is 2.16. The van der Waals surface area contributed by atoms with E-state index in [0.717, 1.165) is 11.1 Å². The Labute approximate surface area is 140 Å². The summed E-state index contributed by atoms with van der Waals surface area (Å²) in [6.07, 6.45) is 0.706. The molecule has 0 bridgehead atoms. The van der Waals surface area contributed by atoms with E-state index in [2.05, 4.69) is 22.8 Å². The molecule has 2 aromatic carbocycles. The minimum absolute atomic E-state index is 0.0119. The minimum Gasteiger partial charge on any atom is -0.481 e. The van der Waals surface area contributed by atoms with Gasteiger partial charge < -0.3 is 15.7 Å². The van der Waals surface area contributed by atoms with Crippen LogP contribution in [0.25, 0.3) is 0 Å². The summed E-state index contributed by atoms with van der Waals surface area (Å²) >= 11 is 0. The van der Waals surface area contributed by atoms with Crippen LogP contribution in [0.5, 0.6) is 0 Å². The summed E-state index contributed by atoms with van der Waals surface area (Å²) in [7, 11) is 0. The molecule has 124 valence electrons. The number of carboxylic acid groups (broad SMARTS) is 1. The number of carbonyl (C=O) groups is 2. The summed E-state index contributed by atoms with van der Waals surface area (Å²) in [5, 5.41) is 15.0. The summed E-state index contributed by atoms with van der Waals surface area (Å²) in [6.45, 7) is 1.14. The Balaban J connectivity index is 1.53. The summed E-state index contributed by atoms with van der Waals surface area (Å²) < 4.78 is 0. The van der Waals surface area contributed by atoms with Crippen molar-refractivity contribution in [1.29, 1.82) is 0 Å². The molecule has 0 saturated heterocycles. The molecular weight excluding hydrogens is 304 g/mol. The predicted octanol–water partition coefficient (Wildman–Crippen LogP) is 1.64. The van der Waals surface area contributed by atoms with Gasteiger partial charge in [-0.2, -0.15) is 0 Å². The third kappa shape index (κ3) is 4.00. The van der Waals surface area contributed by atoms with E-state index in [4.69, 9.17) is 5.11 Å². The second-order valence-corrected chi connectivity index (χ2v) is 6.01. The first-order valence-electron chi connectivity index (χ1n) is 7.99.